The van der Waals surface area contributed by atoms with Crippen molar-refractivity contribution in [2.75, 3.05) is 19.7 Å². The number of esters is 1. The van der Waals surface area contributed by atoms with E-state index in [1.54, 1.807) is 19.1 Å². The van der Waals surface area contributed by atoms with Gasteiger partial charge >= 0.3 is 5.97 Å². The number of carbonyl (C=O) groups is 1. The largest absolute Gasteiger partial charge is 0.465 e. The first-order chi connectivity index (χ1) is 10.2. The average Bonchev–Trinajstić information content (AvgIpc) is 2.40. The summed E-state index contributed by atoms with van der Waals surface area (Å²) in [4.78, 5) is 11.8. The van der Waals surface area contributed by atoms with Crippen molar-refractivity contribution in [3.8, 4) is 0 Å². The number of nitrogens with zero attached hydrogens (tertiary/aromatic N) is 1. The van der Waals surface area contributed by atoms with Crippen molar-refractivity contribution in [3.63, 3.8) is 0 Å². The predicted molar refractivity (Wildman–Crippen MR) is 92.1 cm³/mol. The summed E-state index contributed by atoms with van der Waals surface area (Å²) in [7, 11) is -3.81. The van der Waals surface area contributed by atoms with Gasteiger partial charge in [-0.15, -0.1) is 0 Å². The molecule has 1 aromatic rings. The molecule has 0 saturated carbocycles. The second kappa shape index (κ2) is 8.42. The normalized spacial score (nSPS) is 12.0. The zero-order chi connectivity index (χ0) is 16.9. The Morgan fingerprint density at radius 3 is 2.50 bits per heavy atom. The molecule has 124 valence electrons. The molecule has 0 aliphatic rings. The number of halogens is 2. The monoisotopic (exact) mass is 455 g/mol. The van der Waals surface area contributed by atoms with Gasteiger partial charge in [-0.05, 0) is 47.0 Å². The van der Waals surface area contributed by atoms with E-state index in [1.165, 1.54) is 6.07 Å². The Hall–Kier alpha value is -0.440. The summed E-state index contributed by atoms with van der Waals surface area (Å²) in [5.41, 5.74) is 0. The Bertz CT molecular complexity index is 632. The van der Waals surface area contributed by atoms with E-state index in [4.69, 9.17) is 4.74 Å². The van der Waals surface area contributed by atoms with Crippen molar-refractivity contribution in [1.82, 2.24) is 4.31 Å². The smallest absolute Gasteiger partial charge is 0.321 e. The van der Waals surface area contributed by atoms with Crippen LogP contribution in [0.1, 0.15) is 20.8 Å². The Kier molecular flexibility index (Phi) is 7.51. The maximum absolute atomic E-state index is 12.8. The molecule has 0 spiro atoms. The maximum Gasteiger partial charge on any atom is 0.321 e. The molecule has 1 aromatic carbocycles. The van der Waals surface area contributed by atoms with Gasteiger partial charge in [-0.3, -0.25) is 4.79 Å². The Morgan fingerprint density at radius 1 is 1.32 bits per heavy atom. The van der Waals surface area contributed by atoms with E-state index in [0.29, 0.717) is 8.95 Å². The average molecular weight is 457 g/mol. The molecule has 0 N–H and O–H groups in total. The number of hydrogen-bond donors (Lipinski definition) is 0. The van der Waals surface area contributed by atoms with Crippen LogP contribution in [-0.2, 0) is 19.6 Å². The van der Waals surface area contributed by atoms with Gasteiger partial charge in [0.05, 0.1) is 11.5 Å². The standard InChI is InChI=1S/C14H19Br2NO4S/c1-4-21-14(18)9-17(8-10(2)3)22(19,20)13-7-11(15)5-6-12(13)16/h5-7,10H,4,8-9H2,1-3H3. The molecule has 0 fully saturated rings. The van der Waals surface area contributed by atoms with Gasteiger partial charge in [0.1, 0.15) is 6.54 Å². The van der Waals surface area contributed by atoms with Crippen LogP contribution in [0.15, 0.2) is 32.0 Å². The van der Waals surface area contributed by atoms with Crippen LogP contribution in [0.4, 0.5) is 0 Å². The van der Waals surface area contributed by atoms with Crippen LogP contribution in [0.25, 0.3) is 0 Å². The van der Waals surface area contributed by atoms with Crippen LogP contribution in [0.5, 0.6) is 0 Å². The fourth-order valence-electron chi connectivity index (χ4n) is 1.82. The number of carbonyl (C=O) groups excluding carboxylic acids is 1. The first kappa shape index (κ1) is 19.6. The van der Waals surface area contributed by atoms with Crippen molar-refractivity contribution < 1.29 is 17.9 Å². The van der Waals surface area contributed by atoms with Gasteiger partial charge in [0.25, 0.3) is 0 Å². The summed E-state index contributed by atoms with van der Waals surface area (Å²) in [6.07, 6.45) is 0. The molecule has 0 aromatic heterocycles. The lowest BCUT2D eigenvalue weighted by molar-refractivity contribution is -0.143. The number of rotatable bonds is 7. The van der Waals surface area contributed by atoms with Gasteiger partial charge in [0.2, 0.25) is 10.0 Å². The van der Waals surface area contributed by atoms with Crippen molar-refractivity contribution in [1.29, 1.82) is 0 Å². The summed E-state index contributed by atoms with van der Waals surface area (Å²) in [5.74, 6) is -0.479. The van der Waals surface area contributed by atoms with Crippen LogP contribution in [0.2, 0.25) is 0 Å². The van der Waals surface area contributed by atoms with E-state index < -0.39 is 16.0 Å². The van der Waals surface area contributed by atoms with Gasteiger partial charge < -0.3 is 4.74 Å². The zero-order valence-corrected chi connectivity index (χ0v) is 16.7. The number of ether oxygens (including phenoxy) is 1. The van der Waals surface area contributed by atoms with E-state index in [1.807, 2.05) is 13.8 Å². The Morgan fingerprint density at radius 2 is 1.95 bits per heavy atom. The molecule has 0 radical (unpaired) electrons. The van der Waals surface area contributed by atoms with E-state index in [0.717, 1.165) is 4.31 Å². The molecule has 0 saturated heterocycles. The molecular weight excluding hydrogens is 438 g/mol. The van der Waals surface area contributed by atoms with E-state index in [9.17, 15) is 13.2 Å². The van der Waals surface area contributed by atoms with Crippen molar-refractivity contribution in [3.05, 3.63) is 27.1 Å². The molecule has 22 heavy (non-hydrogen) atoms. The third-order valence-electron chi connectivity index (χ3n) is 2.69. The van der Waals surface area contributed by atoms with Gasteiger partial charge in [0, 0.05) is 15.5 Å². The number of benzene rings is 1. The molecule has 0 aliphatic heterocycles. The summed E-state index contributed by atoms with van der Waals surface area (Å²) in [5, 5.41) is 0. The molecular formula is C14H19Br2NO4S. The van der Waals surface area contributed by atoms with Gasteiger partial charge in [0.15, 0.2) is 0 Å². The van der Waals surface area contributed by atoms with Crippen molar-refractivity contribution in [2.24, 2.45) is 5.92 Å². The third kappa shape index (κ3) is 5.33. The van der Waals surface area contributed by atoms with Gasteiger partial charge in [-0.25, -0.2) is 8.42 Å². The fraction of sp³-hybridized carbons (Fsp3) is 0.500. The number of sulfonamides is 1. The highest BCUT2D eigenvalue weighted by molar-refractivity contribution is 9.11. The number of hydrogen-bond acceptors (Lipinski definition) is 4. The third-order valence-corrected chi connectivity index (χ3v) is 5.99. The highest BCUT2D eigenvalue weighted by Gasteiger charge is 2.29. The SMILES string of the molecule is CCOC(=O)CN(CC(C)C)S(=O)(=O)c1cc(Br)ccc1Br. The minimum atomic E-state index is -3.81. The van der Waals surface area contributed by atoms with Gasteiger partial charge in [-0.2, -0.15) is 4.31 Å². The Balaban J connectivity index is 3.20. The minimum Gasteiger partial charge on any atom is -0.465 e. The predicted octanol–water partition coefficient (Wildman–Crippen LogP) is 3.42. The summed E-state index contributed by atoms with van der Waals surface area (Å²) < 4.78 is 32.8. The van der Waals surface area contributed by atoms with Crippen LogP contribution < -0.4 is 0 Å². The molecule has 0 bridgehead atoms. The lowest BCUT2D eigenvalue weighted by Crippen LogP contribution is -2.39. The molecule has 5 nitrogen and oxygen atoms in total. The quantitative estimate of drug-likeness (QED) is 0.589. The van der Waals surface area contributed by atoms with E-state index in [2.05, 4.69) is 31.9 Å². The molecule has 0 amide bonds. The van der Waals surface area contributed by atoms with Crippen LogP contribution in [-0.4, -0.2) is 38.4 Å². The molecule has 1 rings (SSSR count). The summed E-state index contributed by atoms with van der Waals surface area (Å²) in [6.45, 7) is 5.62. The van der Waals surface area contributed by atoms with Crippen molar-refractivity contribution in [2.45, 2.75) is 25.7 Å². The second-order valence-corrected chi connectivity index (χ2v) is 8.75. The first-order valence-corrected chi connectivity index (χ1v) is 9.82. The lowest BCUT2D eigenvalue weighted by Gasteiger charge is -2.23. The maximum atomic E-state index is 12.8. The highest BCUT2D eigenvalue weighted by atomic mass is 79.9. The van der Waals surface area contributed by atoms with Gasteiger partial charge in [-0.1, -0.05) is 29.8 Å². The molecule has 8 heteroatoms. The topological polar surface area (TPSA) is 63.7 Å². The Labute approximate surface area is 148 Å². The highest BCUT2D eigenvalue weighted by Crippen LogP contribution is 2.28. The van der Waals surface area contributed by atoms with Crippen molar-refractivity contribution >= 4 is 47.9 Å². The minimum absolute atomic E-state index is 0.0788. The molecule has 0 heterocycles. The summed E-state index contributed by atoms with van der Waals surface area (Å²) >= 11 is 6.52. The second-order valence-electron chi connectivity index (χ2n) is 5.07. The summed E-state index contributed by atoms with van der Waals surface area (Å²) in [6, 6.07) is 4.90. The molecule has 0 aliphatic carbocycles. The van der Waals surface area contributed by atoms with Crippen LogP contribution in [0, 0.1) is 5.92 Å². The van der Waals surface area contributed by atoms with Crippen LogP contribution >= 0.6 is 31.9 Å². The zero-order valence-electron chi connectivity index (χ0n) is 12.7. The first-order valence-electron chi connectivity index (χ1n) is 6.79. The molecule has 0 atom stereocenters. The van der Waals surface area contributed by atoms with E-state index >= 15 is 0 Å². The molecule has 0 unspecified atom stereocenters. The van der Waals surface area contributed by atoms with Crippen LogP contribution in [0.3, 0.4) is 0 Å². The fourth-order valence-corrected chi connectivity index (χ4v) is 4.83. The lowest BCUT2D eigenvalue weighted by atomic mass is 10.2. The van der Waals surface area contributed by atoms with E-state index in [-0.39, 0.29) is 30.5 Å².